The molecule has 0 aromatic heterocycles. The van der Waals surface area contributed by atoms with Crippen LogP contribution in [0.2, 0.25) is 0 Å². The normalized spacial score (nSPS) is 13.9. The molecular weight excluding hydrogens is 648 g/mol. The number of rotatable bonds is 22. The molecule has 0 saturated heterocycles. The van der Waals surface area contributed by atoms with E-state index in [1.54, 1.807) is 4.90 Å². The van der Waals surface area contributed by atoms with Gasteiger partial charge in [-0.1, -0.05) is 42.2 Å². The van der Waals surface area contributed by atoms with E-state index in [1.165, 1.54) is 0 Å². The van der Waals surface area contributed by atoms with E-state index in [4.69, 9.17) is 28.4 Å². The average Bonchev–Trinajstić information content (AvgIpc) is 3.42. The highest BCUT2D eigenvalue weighted by atomic mass is 16.6. The third-order valence-electron chi connectivity index (χ3n) is 7.70. The lowest BCUT2D eigenvalue weighted by Crippen LogP contribution is -2.35. The van der Waals surface area contributed by atoms with Crippen molar-refractivity contribution in [2.24, 2.45) is 0 Å². The van der Waals surface area contributed by atoms with Crippen LogP contribution >= 0.6 is 0 Å². The summed E-state index contributed by atoms with van der Waals surface area (Å²) in [6.45, 7) is 3.78. The first kappa shape index (κ1) is 38.4. The standard InChI is InChI=1S/C37H44N2O11/c40-32-11-12-33(41)37(32)50-36(44)15-18-46-20-22-48-24-26-49-25-23-47-21-19-45-17-14-34(42)38-16-13-35(43)39-27-30-7-2-1-5-28(30)9-10-29-6-3-4-8-31(29)39/h1-8,37H,11-27H2,(H,38,42). The molecule has 2 aliphatic rings. The zero-order chi connectivity index (χ0) is 35.4. The maximum absolute atomic E-state index is 13.2. The number of ketones is 2. The largest absolute Gasteiger partial charge is 0.446 e. The molecule has 1 heterocycles. The molecule has 13 nitrogen and oxygen atoms in total. The van der Waals surface area contributed by atoms with Crippen LogP contribution in [0, 0.1) is 11.8 Å². The van der Waals surface area contributed by atoms with Crippen LogP contribution in [0.1, 0.15) is 48.8 Å². The van der Waals surface area contributed by atoms with E-state index in [0.29, 0.717) is 52.8 Å². The first-order chi connectivity index (χ1) is 24.4. The number of para-hydroxylation sites is 1. The monoisotopic (exact) mass is 692 g/mol. The number of nitrogens with one attached hydrogen (secondary N) is 1. The van der Waals surface area contributed by atoms with E-state index >= 15 is 0 Å². The van der Waals surface area contributed by atoms with Gasteiger partial charge in [-0.05, 0) is 23.8 Å². The van der Waals surface area contributed by atoms with Crippen LogP contribution in [0.5, 0.6) is 0 Å². The van der Waals surface area contributed by atoms with Gasteiger partial charge in [-0.2, -0.15) is 0 Å². The maximum Gasteiger partial charge on any atom is 0.309 e. The Morgan fingerprint density at radius 2 is 1.18 bits per heavy atom. The minimum absolute atomic E-state index is 0.0486. The van der Waals surface area contributed by atoms with Gasteiger partial charge in [0.15, 0.2) is 11.6 Å². The topological polar surface area (TPSA) is 156 Å². The van der Waals surface area contributed by atoms with Crippen molar-refractivity contribution in [2.75, 3.05) is 77.5 Å². The molecule has 0 atom stereocenters. The number of ether oxygens (including phenoxy) is 6. The molecule has 1 aliphatic heterocycles. The lowest BCUT2D eigenvalue weighted by Gasteiger charge is -2.26. The first-order valence-corrected chi connectivity index (χ1v) is 16.8. The van der Waals surface area contributed by atoms with E-state index in [0.717, 1.165) is 22.4 Å². The number of Topliss-reactive ketones (excluding diaryl/α,β-unsaturated/α-hetero) is 2. The maximum atomic E-state index is 13.2. The quantitative estimate of drug-likeness (QED) is 0.0835. The Balaban J connectivity index is 0.929. The summed E-state index contributed by atoms with van der Waals surface area (Å²) in [6, 6.07) is 15.4. The molecule has 1 aliphatic carbocycles. The summed E-state index contributed by atoms with van der Waals surface area (Å²) in [5.74, 6) is 4.75. The number of hydrogen-bond acceptors (Lipinski definition) is 11. The fourth-order valence-corrected chi connectivity index (χ4v) is 5.05. The van der Waals surface area contributed by atoms with Crippen molar-refractivity contribution in [3.8, 4) is 11.8 Å². The van der Waals surface area contributed by atoms with Crippen LogP contribution in [-0.2, 0) is 58.9 Å². The van der Waals surface area contributed by atoms with Gasteiger partial charge in [-0.15, -0.1) is 0 Å². The number of amides is 2. The summed E-state index contributed by atoms with van der Waals surface area (Å²) in [6.07, 6.45) is -0.718. The Morgan fingerprint density at radius 3 is 1.82 bits per heavy atom. The lowest BCUT2D eigenvalue weighted by atomic mass is 10.0. The summed E-state index contributed by atoms with van der Waals surface area (Å²) in [5, 5.41) is 2.80. The molecule has 2 amide bonds. The van der Waals surface area contributed by atoms with E-state index in [-0.39, 0.29) is 81.9 Å². The molecule has 50 heavy (non-hydrogen) atoms. The van der Waals surface area contributed by atoms with E-state index in [2.05, 4.69) is 17.2 Å². The van der Waals surface area contributed by atoms with Gasteiger partial charge in [0.25, 0.3) is 0 Å². The SMILES string of the molecule is O=C(CCOCCOCCOCCOCCOCCC(=O)OC1C(=O)CCC1=O)NCCC(=O)N1Cc2ccccc2C#Cc2ccccc21. The second kappa shape index (κ2) is 21.6. The molecule has 0 unspecified atom stereocenters. The number of nitrogens with zero attached hydrogens (tertiary/aromatic N) is 1. The highest BCUT2D eigenvalue weighted by molar-refractivity contribution is 6.12. The van der Waals surface area contributed by atoms with Crippen molar-refractivity contribution in [1.82, 2.24) is 5.32 Å². The number of esters is 1. The first-order valence-electron chi connectivity index (χ1n) is 16.8. The third-order valence-corrected chi connectivity index (χ3v) is 7.70. The van der Waals surface area contributed by atoms with E-state index in [9.17, 15) is 24.0 Å². The number of fused-ring (bicyclic) bond motifs is 2. The third kappa shape index (κ3) is 13.1. The van der Waals surface area contributed by atoms with Crippen LogP contribution in [0.4, 0.5) is 5.69 Å². The van der Waals surface area contributed by atoms with Crippen LogP contribution in [0.25, 0.3) is 0 Å². The molecule has 2 aromatic rings. The van der Waals surface area contributed by atoms with Crippen LogP contribution in [0.3, 0.4) is 0 Å². The molecule has 0 radical (unpaired) electrons. The summed E-state index contributed by atoms with van der Waals surface area (Å²) in [7, 11) is 0. The van der Waals surface area contributed by atoms with Gasteiger partial charge in [0.2, 0.25) is 17.9 Å². The molecule has 1 saturated carbocycles. The van der Waals surface area contributed by atoms with Gasteiger partial charge in [0.1, 0.15) is 0 Å². The van der Waals surface area contributed by atoms with Crippen LogP contribution in [0.15, 0.2) is 48.5 Å². The summed E-state index contributed by atoms with van der Waals surface area (Å²) in [5.41, 5.74) is 3.42. The molecule has 13 heteroatoms. The highest BCUT2D eigenvalue weighted by Gasteiger charge is 2.36. The Kier molecular flexibility index (Phi) is 16.6. The van der Waals surface area contributed by atoms with E-state index in [1.807, 2.05) is 48.5 Å². The van der Waals surface area contributed by atoms with Crippen molar-refractivity contribution in [1.29, 1.82) is 0 Å². The van der Waals surface area contributed by atoms with Crippen molar-refractivity contribution in [3.05, 3.63) is 65.2 Å². The Morgan fingerprint density at radius 1 is 0.660 bits per heavy atom. The van der Waals surface area contributed by atoms with Crippen molar-refractivity contribution in [2.45, 2.75) is 44.8 Å². The number of carbonyl (C=O) groups excluding carboxylic acids is 5. The number of anilines is 1. The molecule has 4 rings (SSSR count). The second-order valence-electron chi connectivity index (χ2n) is 11.4. The molecule has 0 spiro atoms. The van der Waals surface area contributed by atoms with Gasteiger partial charge in [0.05, 0.1) is 84.7 Å². The predicted molar refractivity (Wildman–Crippen MR) is 180 cm³/mol. The number of benzene rings is 2. The van der Waals surface area contributed by atoms with Gasteiger partial charge in [-0.3, -0.25) is 24.0 Å². The summed E-state index contributed by atoms with van der Waals surface area (Å²) in [4.78, 5) is 62.0. The van der Waals surface area contributed by atoms with Crippen molar-refractivity contribution < 1.29 is 52.4 Å². The zero-order valence-electron chi connectivity index (χ0n) is 28.2. The Hall–Kier alpha value is -4.45. The molecule has 268 valence electrons. The average molecular weight is 693 g/mol. The predicted octanol–water partition coefficient (Wildman–Crippen LogP) is 2.15. The molecule has 2 aromatic carbocycles. The summed E-state index contributed by atoms with van der Waals surface area (Å²) < 4.78 is 32.0. The van der Waals surface area contributed by atoms with Crippen LogP contribution in [-0.4, -0.2) is 108 Å². The number of hydrogen-bond donors (Lipinski definition) is 1. The smallest absolute Gasteiger partial charge is 0.309 e. The Bertz CT molecular complexity index is 1500. The van der Waals surface area contributed by atoms with Crippen molar-refractivity contribution in [3.63, 3.8) is 0 Å². The van der Waals surface area contributed by atoms with Crippen molar-refractivity contribution >= 4 is 35.0 Å². The van der Waals surface area contributed by atoms with Gasteiger partial charge in [-0.25, -0.2) is 0 Å². The fourth-order valence-electron chi connectivity index (χ4n) is 5.05. The van der Waals surface area contributed by atoms with Gasteiger partial charge >= 0.3 is 5.97 Å². The van der Waals surface area contributed by atoms with Gasteiger partial charge in [0, 0.05) is 43.4 Å². The molecule has 1 N–H and O–H groups in total. The minimum atomic E-state index is -1.25. The summed E-state index contributed by atoms with van der Waals surface area (Å²) >= 11 is 0. The van der Waals surface area contributed by atoms with Gasteiger partial charge < -0.3 is 38.6 Å². The van der Waals surface area contributed by atoms with E-state index < -0.39 is 12.1 Å². The van der Waals surface area contributed by atoms with Crippen LogP contribution < -0.4 is 10.2 Å². The zero-order valence-corrected chi connectivity index (χ0v) is 28.2. The molecule has 1 fully saturated rings. The highest BCUT2D eigenvalue weighted by Crippen LogP contribution is 2.25. The minimum Gasteiger partial charge on any atom is -0.446 e. The number of carbonyl (C=O) groups is 5. The Labute approximate surface area is 291 Å². The fraction of sp³-hybridized carbons (Fsp3) is 0.486. The molecule has 0 bridgehead atoms. The second-order valence-corrected chi connectivity index (χ2v) is 11.4. The lowest BCUT2D eigenvalue weighted by molar-refractivity contribution is -0.158. The molecular formula is C37H44N2O11.